The molecule has 1 aromatic carbocycles. The van der Waals surface area contributed by atoms with Crippen molar-refractivity contribution in [1.29, 1.82) is 0 Å². The molecule has 3 atom stereocenters. The Balaban J connectivity index is 1.21. The number of nitrogens with zero attached hydrogens (tertiary/aromatic N) is 3. The SMILES string of the molecule is CC(C)[C@@H](C(=O)N1C[C@H](O)C[C@H]1NC(=O)Cc1ccc2c(c1)OCc1ncsc1-2)c1cc(OCCCCC(=O)O)no1. The van der Waals surface area contributed by atoms with Crippen molar-refractivity contribution in [1.82, 2.24) is 20.4 Å². The van der Waals surface area contributed by atoms with E-state index in [0.717, 1.165) is 21.7 Å². The van der Waals surface area contributed by atoms with E-state index in [1.165, 1.54) is 4.90 Å². The maximum atomic E-state index is 13.8. The summed E-state index contributed by atoms with van der Waals surface area (Å²) in [4.78, 5) is 44.4. The van der Waals surface area contributed by atoms with Crippen molar-refractivity contribution < 1.29 is 38.6 Å². The number of benzene rings is 1. The van der Waals surface area contributed by atoms with Crippen LogP contribution in [0.15, 0.2) is 34.3 Å². The highest BCUT2D eigenvalue weighted by molar-refractivity contribution is 7.13. The fraction of sp³-hybridized carbons (Fsp3) is 0.483. The van der Waals surface area contributed by atoms with E-state index >= 15 is 0 Å². The standard InChI is InChI=1S/C29H34N4O8S/c1-16(2)27(22-12-25(32-41-22)39-8-4-3-5-26(36)37)29(38)33-13-18(34)11-23(33)31-24(35)10-17-6-7-19-21(9-17)40-14-20-28(19)42-15-30-20/h6-7,9,12,15-16,18,23,27,34H,3-5,8,10-11,13-14H2,1-2H3,(H,31,35)(H,36,37)/t18-,23+,27-/m1/s1. The number of ether oxygens (including phenoxy) is 2. The second-order valence-electron chi connectivity index (χ2n) is 10.9. The maximum absolute atomic E-state index is 13.8. The van der Waals surface area contributed by atoms with E-state index in [2.05, 4.69) is 15.5 Å². The summed E-state index contributed by atoms with van der Waals surface area (Å²) in [6, 6.07) is 7.23. The summed E-state index contributed by atoms with van der Waals surface area (Å²) in [7, 11) is 0. The Kier molecular flexibility index (Phi) is 9.07. The number of aliphatic hydroxyl groups is 1. The molecule has 2 aliphatic heterocycles. The highest BCUT2D eigenvalue weighted by atomic mass is 32.1. The first-order chi connectivity index (χ1) is 20.2. The molecule has 2 aliphatic rings. The lowest BCUT2D eigenvalue weighted by Crippen LogP contribution is -2.49. The van der Waals surface area contributed by atoms with Crippen LogP contribution < -0.4 is 14.8 Å². The van der Waals surface area contributed by atoms with Crippen molar-refractivity contribution in [2.45, 2.75) is 70.7 Å². The molecule has 42 heavy (non-hydrogen) atoms. The zero-order valence-electron chi connectivity index (χ0n) is 23.4. The van der Waals surface area contributed by atoms with E-state index in [0.29, 0.717) is 31.0 Å². The van der Waals surface area contributed by atoms with Crippen LogP contribution in [0.3, 0.4) is 0 Å². The number of carbonyl (C=O) groups is 3. The number of rotatable bonds is 12. The minimum atomic E-state index is -0.859. The van der Waals surface area contributed by atoms with E-state index in [1.54, 1.807) is 22.9 Å². The van der Waals surface area contributed by atoms with Crippen molar-refractivity contribution in [3.63, 3.8) is 0 Å². The van der Waals surface area contributed by atoms with Crippen LogP contribution in [-0.4, -0.2) is 68.5 Å². The lowest BCUT2D eigenvalue weighted by molar-refractivity contribution is -0.138. The Labute approximate surface area is 246 Å². The number of carbonyl (C=O) groups excluding carboxylic acids is 2. The van der Waals surface area contributed by atoms with Gasteiger partial charge in [-0.2, -0.15) is 0 Å². The Morgan fingerprint density at radius 2 is 2.07 bits per heavy atom. The van der Waals surface area contributed by atoms with Gasteiger partial charge in [0.25, 0.3) is 5.88 Å². The quantitative estimate of drug-likeness (QED) is 0.263. The second kappa shape index (κ2) is 12.9. The first-order valence-corrected chi connectivity index (χ1v) is 14.8. The molecule has 0 saturated carbocycles. The Bertz CT molecular complexity index is 1440. The summed E-state index contributed by atoms with van der Waals surface area (Å²) < 4.78 is 16.9. The zero-order valence-corrected chi connectivity index (χ0v) is 24.3. The number of likely N-dealkylation sites (tertiary alicyclic amines) is 1. The van der Waals surface area contributed by atoms with Gasteiger partial charge < -0.3 is 34.4 Å². The molecule has 1 fully saturated rings. The second-order valence-corrected chi connectivity index (χ2v) is 11.7. The van der Waals surface area contributed by atoms with Crippen molar-refractivity contribution >= 4 is 29.1 Å². The van der Waals surface area contributed by atoms with E-state index in [4.69, 9.17) is 19.1 Å². The number of fused-ring (bicyclic) bond motifs is 3. The van der Waals surface area contributed by atoms with Crippen molar-refractivity contribution in [2.75, 3.05) is 13.2 Å². The predicted octanol–water partition coefficient (Wildman–Crippen LogP) is 3.34. The molecular weight excluding hydrogens is 564 g/mol. The molecule has 5 rings (SSSR count). The van der Waals surface area contributed by atoms with Crippen molar-refractivity contribution in [2.24, 2.45) is 5.92 Å². The van der Waals surface area contributed by atoms with Crippen LogP contribution in [0.4, 0.5) is 0 Å². The molecule has 2 amide bonds. The monoisotopic (exact) mass is 598 g/mol. The van der Waals surface area contributed by atoms with Gasteiger partial charge in [-0.05, 0) is 41.6 Å². The molecule has 13 heteroatoms. The van der Waals surface area contributed by atoms with Gasteiger partial charge in [-0.1, -0.05) is 19.9 Å². The molecule has 0 bridgehead atoms. The number of unbranched alkanes of at least 4 members (excludes halogenated alkanes) is 1. The molecule has 0 aliphatic carbocycles. The number of aliphatic carboxylic acids is 1. The highest BCUT2D eigenvalue weighted by Gasteiger charge is 2.41. The lowest BCUT2D eigenvalue weighted by Gasteiger charge is -2.29. The normalized spacial score (nSPS) is 18.2. The summed E-state index contributed by atoms with van der Waals surface area (Å²) in [6.45, 7) is 4.50. The number of thiazole rings is 1. The fourth-order valence-electron chi connectivity index (χ4n) is 5.29. The van der Waals surface area contributed by atoms with Gasteiger partial charge in [0.1, 0.15) is 24.4 Å². The average molecular weight is 599 g/mol. The molecule has 0 radical (unpaired) electrons. The van der Waals surface area contributed by atoms with Crippen LogP contribution in [0.5, 0.6) is 11.6 Å². The molecule has 3 N–H and O–H groups in total. The lowest BCUT2D eigenvalue weighted by atomic mass is 9.91. The number of nitrogens with one attached hydrogen (secondary N) is 1. The van der Waals surface area contributed by atoms with Crippen LogP contribution >= 0.6 is 11.3 Å². The number of aliphatic hydroxyl groups excluding tert-OH is 1. The topological polar surface area (TPSA) is 164 Å². The fourth-order valence-corrected chi connectivity index (χ4v) is 6.12. The summed E-state index contributed by atoms with van der Waals surface area (Å²) in [5.74, 6) is -1.06. The van der Waals surface area contributed by atoms with Crippen LogP contribution in [-0.2, 0) is 27.4 Å². The zero-order chi connectivity index (χ0) is 29.8. The minimum Gasteiger partial charge on any atom is -0.487 e. The predicted molar refractivity (Wildman–Crippen MR) is 151 cm³/mol. The molecule has 12 nitrogen and oxygen atoms in total. The smallest absolute Gasteiger partial charge is 0.303 e. The first-order valence-electron chi connectivity index (χ1n) is 14.0. The third kappa shape index (κ3) is 6.73. The summed E-state index contributed by atoms with van der Waals surface area (Å²) >= 11 is 1.55. The van der Waals surface area contributed by atoms with Gasteiger partial charge in [0.15, 0.2) is 5.76 Å². The molecule has 3 aromatic rings. The van der Waals surface area contributed by atoms with Crippen LogP contribution in [0.2, 0.25) is 0 Å². The van der Waals surface area contributed by atoms with Crippen LogP contribution in [0, 0.1) is 5.92 Å². The molecule has 1 saturated heterocycles. The molecule has 224 valence electrons. The van der Waals surface area contributed by atoms with Gasteiger partial charge >= 0.3 is 5.97 Å². The van der Waals surface area contributed by atoms with Gasteiger partial charge in [-0.15, -0.1) is 11.3 Å². The number of amides is 2. The van der Waals surface area contributed by atoms with E-state index in [1.807, 2.05) is 32.0 Å². The van der Waals surface area contributed by atoms with Gasteiger partial charge in [-0.3, -0.25) is 14.4 Å². The first kappa shape index (κ1) is 29.5. The molecular formula is C29H34N4O8S. The molecule has 0 unspecified atom stereocenters. The molecule has 4 heterocycles. The third-order valence-corrected chi connectivity index (χ3v) is 8.23. The van der Waals surface area contributed by atoms with E-state index in [-0.39, 0.29) is 56.0 Å². The minimum absolute atomic E-state index is 0.0622. The van der Waals surface area contributed by atoms with Gasteiger partial charge in [0.2, 0.25) is 11.8 Å². The van der Waals surface area contributed by atoms with Gasteiger partial charge in [0.05, 0.1) is 35.2 Å². The maximum Gasteiger partial charge on any atom is 0.303 e. The number of carboxylic acids is 1. The van der Waals surface area contributed by atoms with E-state index < -0.39 is 24.2 Å². The van der Waals surface area contributed by atoms with Crippen molar-refractivity contribution in [3.8, 4) is 22.1 Å². The van der Waals surface area contributed by atoms with Crippen molar-refractivity contribution in [3.05, 3.63) is 46.8 Å². The average Bonchev–Trinajstić information content (AvgIpc) is 3.68. The highest BCUT2D eigenvalue weighted by Crippen LogP contribution is 2.40. The van der Waals surface area contributed by atoms with Crippen LogP contribution in [0.25, 0.3) is 10.4 Å². The largest absolute Gasteiger partial charge is 0.487 e. The Hall–Kier alpha value is -3.97. The third-order valence-electron chi connectivity index (χ3n) is 7.33. The number of carboxylic acid groups (broad SMARTS) is 1. The number of hydrogen-bond acceptors (Lipinski definition) is 10. The number of β-amino-alcohol motifs (C(OH)–C–C–N with tert-alkyl or cyclic N) is 1. The summed E-state index contributed by atoms with van der Waals surface area (Å²) in [5.41, 5.74) is 4.43. The summed E-state index contributed by atoms with van der Waals surface area (Å²) in [6.07, 6.45) is -0.0770. The van der Waals surface area contributed by atoms with Gasteiger partial charge in [-0.25, -0.2) is 4.98 Å². The molecule has 2 aromatic heterocycles. The Morgan fingerprint density at radius 1 is 1.24 bits per heavy atom. The number of hydrogen-bond donors (Lipinski definition) is 3. The Morgan fingerprint density at radius 3 is 2.86 bits per heavy atom. The molecule has 0 spiro atoms. The number of aromatic nitrogens is 2. The summed E-state index contributed by atoms with van der Waals surface area (Å²) in [5, 5.41) is 26.0. The van der Waals surface area contributed by atoms with E-state index in [9.17, 15) is 19.5 Å². The van der Waals surface area contributed by atoms with Crippen LogP contribution in [0.1, 0.15) is 62.5 Å². The van der Waals surface area contributed by atoms with Gasteiger partial charge in [0, 0.05) is 31.0 Å².